The lowest BCUT2D eigenvalue weighted by atomic mass is 10.1. The summed E-state index contributed by atoms with van der Waals surface area (Å²) in [5, 5.41) is 9.76. The van der Waals surface area contributed by atoms with Gasteiger partial charge in [-0.3, -0.25) is 23.2 Å². The summed E-state index contributed by atoms with van der Waals surface area (Å²) in [4.78, 5) is 52.8. The predicted molar refractivity (Wildman–Crippen MR) is 262 cm³/mol. The first kappa shape index (κ1) is 61.5. The number of carbonyl (C=O) groups excluding carboxylic acids is 2. The number of unbranched alkanes of at least 4 members (excludes halogenated alkanes) is 6. The zero-order chi connectivity index (χ0) is 48.0. The van der Waals surface area contributed by atoms with Crippen molar-refractivity contribution in [2.24, 2.45) is 0 Å². The molecule has 15 heteroatoms. The van der Waals surface area contributed by atoms with Gasteiger partial charge >= 0.3 is 27.6 Å². The zero-order valence-corrected chi connectivity index (χ0v) is 40.8. The van der Waals surface area contributed by atoms with E-state index in [1.54, 1.807) is 0 Å². The fourth-order valence-corrected chi connectivity index (χ4v) is 6.51. The molecule has 65 heavy (non-hydrogen) atoms. The molecular weight excluding hydrogens is 870 g/mol. The lowest BCUT2D eigenvalue weighted by Gasteiger charge is -2.20. The molecule has 0 heterocycles. The van der Waals surface area contributed by atoms with Crippen LogP contribution in [0.3, 0.4) is 0 Å². The number of aliphatic hydroxyl groups is 1. The monoisotopic (exact) mass is 951 g/mol. The third-order valence-electron chi connectivity index (χ3n) is 8.84. The maximum atomic E-state index is 12.7. The van der Waals surface area contributed by atoms with Crippen molar-refractivity contribution in [3.63, 3.8) is 0 Å². The number of allylic oxidation sites excluding steroid dienone is 20. The van der Waals surface area contributed by atoms with E-state index in [1.807, 2.05) is 18.2 Å². The van der Waals surface area contributed by atoms with Gasteiger partial charge in [0.05, 0.1) is 19.8 Å². The first-order valence-electron chi connectivity index (χ1n) is 23.2. The number of aliphatic hydroxyl groups excluding tert-OH is 1. The number of ether oxygens (including phenoxy) is 2. The van der Waals surface area contributed by atoms with Crippen LogP contribution < -0.4 is 0 Å². The molecule has 0 saturated carbocycles. The average Bonchev–Trinajstić information content (AvgIpc) is 3.27. The molecule has 0 aliphatic rings. The number of carbonyl (C=O) groups is 2. The molecule has 0 radical (unpaired) electrons. The average molecular weight is 951 g/mol. The molecule has 0 aromatic rings. The third kappa shape index (κ3) is 48.3. The standard InChI is InChI=1S/C50H80O13P2/c1-3-5-7-9-11-13-15-17-19-21-23-25-27-29-31-33-35-37-39-41-49(52)59-45-48(46-62-65(57,58)61-44-47(51)43-60-64(54,55)56)63-50(53)42-40-38-36-34-32-30-28-26-24-22-20-18-16-14-12-10-8-6-4-2/h5,7,11-14,17-20,23-26,29-32,36,38,47-48,51H,3-4,6,8-10,15-16,21-22,27-28,33-35,37,39-46H2,1-2H3,(H,57,58)(H2,54,55,56)/b7-5-,13-11-,14-12-,19-17-,20-18-,25-23-,26-24-,31-29-,32-30-,38-36-/t47-,48+/m0/s1. The largest absolute Gasteiger partial charge is 0.472 e. The number of esters is 2. The van der Waals surface area contributed by atoms with Crippen molar-refractivity contribution < 1.29 is 61.6 Å². The van der Waals surface area contributed by atoms with Crippen LogP contribution in [-0.2, 0) is 41.8 Å². The van der Waals surface area contributed by atoms with Crippen molar-refractivity contribution in [3.05, 3.63) is 122 Å². The van der Waals surface area contributed by atoms with Gasteiger partial charge < -0.3 is 29.3 Å². The van der Waals surface area contributed by atoms with E-state index in [4.69, 9.17) is 23.8 Å². The molecule has 0 spiro atoms. The summed E-state index contributed by atoms with van der Waals surface area (Å²) in [6.45, 7) is 1.48. The first-order valence-corrected chi connectivity index (χ1v) is 26.3. The number of hydrogen-bond donors (Lipinski definition) is 4. The molecule has 13 nitrogen and oxygen atoms in total. The van der Waals surface area contributed by atoms with Crippen molar-refractivity contribution in [1.82, 2.24) is 0 Å². The number of rotatable bonds is 42. The molecule has 368 valence electrons. The quantitative estimate of drug-likeness (QED) is 0.0195. The van der Waals surface area contributed by atoms with E-state index in [0.717, 1.165) is 77.0 Å². The molecule has 0 aromatic carbocycles. The Bertz CT molecular complexity index is 1600. The first-order chi connectivity index (χ1) is 31.4. The van der Waals surface area contributed by atoms with Crippen LogP contribution >= 0.6 is 15.6 Å². The summed E-state index contributed by atoms with van der Waals surface area (Å²) in [7, 11) is -9.73. The lowest BCUT2D eigenvalue weighted by Crippen LogP contribution is -2.29. The SMILES string of the molecule is CC/C=C\C/C=C\C/C=C\C/C=C\C/C=C\CCCCCC(=O)OC[C@H](COP(=O)(O)OC[C@@H](O)COP(=O)(O)O)OC(=O)CC/C=C\C/C=C\C/C=C\C/C=C\C/C=C\CCCCC. The Morgan fingerprint density at radius 3 is 1.34 bits per heavy atom. The molecule has 3 atom stereocenters. The summed E-state index contributed by atoms with van der Waals surface area (Å²) in [5.74, 6) is -1.18. The summed E-state index contributed by atoms with van der Waals surface area (Å²) in [6.07, 6.45) is 56.3. The van der Waals surface area contributed by atoms with E-state index in [0.29, 0.717) is 19.3 Å². The van der Waals surface area contributed by atoms with E-state index in [-0.39, 0.29) is 12.8 Å². The van der Waals surface area contributed by atoms with E-state index >= 15 is 0 Å². The van der Waals surface area contributed by atoms with Crippen molar-refractivity contribution >= 4 is 27.6 Å². The van der Waals surface area contributed by atoms with Crippen LogP contribution in [0.4, 0.5) is 0 Å². The molecule has 1 unspecified atom stereocenters. The highest BCUT2D eigenvalue weighted by Crippen LogP contribution is 2.43. The van der Waals surface area contributed by atoms with E-state index in [2.05, 4.69) is 126 Å². The number of phosphoric ester groups is 2. The molecular formula is C50H80O13P2. The van der Waals surface area contributed by atoms with E-state index in [9.17, 15) is 28.7 Å². The van der Waals surface area contributed by atoms with Crippen LogP contribution in [-0.4, -0.2) is 70.4 Å². The summed E-state index contributed by atoms with van der Waals surface area (Å²) in [5.41, 5.74) is 0. The molecule has 0 rings (SSSR count). The van der Waals surface area contributed by atoms with Crippen molar-refractivity contribution in [3.8, 4) is 0 Å². The Kier molecular flexibility index (Phi) is 42.0. The van der Waals surface area contributed by atoms with Crippen LogP contribution in [0, 0.1) is 0 Å². The fourth-order valence-electron chi connectivity index (χ4n) is 5.36. The molecule has 0 aromatic heterocycles. The Morgan fingerprint density at radius 1 is 0.462 bits per heavy atom. The minimum atomic E-state index is -4.88. The lowest BCUT2D eigenvalue weighted by molar-refractivity contribution is -0.161. The Balaban J connectivity index is 4.69. The number of hydrogen-bond acceptors (Lipinski definition) is 10. The fraction of sp³-hybridized carbons (Fsp3) is 0.560. The van der Waals surface area contributed by atoms with Gasteiger partial charge in [0.2, 0.25) is 0 Å². The molecule has 0 fully saturated rings. The van der Waals surface area contributed by atoms with E-state index in [1.165, 1.54) is 19.3 Å². The van der Waals surface area contributed by atoms with Gasteiger partial charge in [-0.2, -0.15) is 0 Å². The second-order valence-electron chi connectivity index (χ2n) is 14.9. The summed E-state index contributed by atoms with van der Waals surface area (Å²) >= 11 is 0. The Hall–Kier alpha value is -3.48. The van der Waals surface area contributed by atoms with Crippen LogP contribution in [0.25, 0.3) is 0 Å². The topological polar surface area (TPSA) is 195 Å². The van der Waals surface area contributed by atoms with Gasteiger partial charge in [0, 0.05) is 12.8 Å². The Labute approximate surface area is 390 Å². The smallest absolute Gasteiger partial charge is 0.462 e. The van der Waals surface area contributed by atoms with Crippen LogP contribution in [0.2, 0.25) is 0 Å². The van der Waals surface area contributed by atoms with Gasteiger partial charge in [-0.05, 0) is 96.3 Å². The highest BCUT2D eigenvalue weighted by atomic mass is 31.2. The predicted octanol–water partition coefficient (Wildman–Crippen LogP) is 12.4. The van der Waals surface area contributed by atoms with Crippen LogP contribution in [0.15, 0.2) is 122 Å². The van der Waals surface area contributed by atoms with Gasteiger partial charge in [0.25, 0.3) is 0 Å². The molecule has 0 amide bonds. The molecule has 0 saturated heterocycles. The molecule has 0 aliphatic heterocycles. The highest BCUT2D eigenvalue weighted by Gasteiger charge is 2.28. The van der Waals surface area contributed by atoms with Gasteiger partial charge in [0.15, 0.2) is 6.10 Å². The minimum absolute atomic E-state index is 0.00744. The second-order valence-corrected chi connectivity index (χ2v) is 17.6. The summed E-state index contributed by atoms with van der Waals surface area (Å²) < 4.78 is 47.7. The van der Waals surface area contributed by atoms with Gasteiger partial charge in [-0.1, -0.05) is 155 Å². The van der Waals surface area contributed by atoms with Gasteiger partial charge in [0.1, 0.15) is 12.7 Å². The Morgan fingerprint density at radius 2 is 0.877 bits per heavy atom. The van der Waals surface area contributed by atoms with Crippen molar-refractivity contribution in [2.75, 3.05) is 26.4 Å². The maximum Gasteiger partial charge on any atom is 0.472 e. The molecule has 4 N–H and O–H groups in total. The second kappa shape index (κ2) is 44.4. The third-order valence-corrected chi connectivity index (χ3v) is 10.3. The maximum absolute atomic E-state index is 12.7. The number of phosphoric acid groups is 2. The van der Waals surface area contributed by atoms with Gasteiger partial charge in [-0.25, -0.2) is 9.13 Å². The van der Waals surface area contributed by atoms with Crippen LogP contribution in [0.5, 0.6) is 0 Å². The molecule has 0 bridgehead atoms. The van der Waals surface area contributed by atoms with Crippen LogP contribution in [0.1, 0.15) is 142 Å². The van der Waals surface area contributed by atoms with Gasteiger partial charge in [-0.15, -0.1) is 0 Å². The van der Waals surface area contributed by atoms with E-state index < -0.39 is 66.2 Å². The molecule has 0 aliphatic carbocycles. The zero-order valence-electron chi connectivity index (χ0n) is 39.0. The van der Waals surface area contributed by atoms with Crippen molar-refractivity contribution in [2.45, 2.75) is 154 Å². The summed E-state index contributed by atoms with van der Waals surface area (Å²) in [6, 6.07) is 0. The minimum Gasteiger partial charge on any atom is -0.462 e. The highest BCUT2D eigenvalue weighted by molar-refractivity contribution is 7.47. The normalized spacial score (nSPS) is 15.0. The van der Waals surface area contributed by atoms with Crippen molar-refractivity contribution in [1.29, 1.82) is 0 Å².